The number of carbonyl (C=O) groups excluding carboxylic acids is 4. The van der Waals surface area contributed by atoms with Crippen molar-refractivity contribution in [1.29, 1.82) is 0 Å². The summed E-state index contributed by atoms with van der Waals surface area (Å²) in [6, 6.07) is 3.44. The number of aliphatic hydroxyl groups excluding tert-OH is 1. The molecule has 0 aliphatic heterocycles. The van der Waals surface area contributed by atoms with Crippen molar-refractivity contribution in [1.82, 2.24) is 5.32 Å². The third-order valence-corrected chi connectivity index (χ3v) is 10.1. The highest BCUT2D eigenvalue weighted by molar-refractivity contribution is 6.01. The Morgan fingerprint density at radius 2 is 2.00 bits per heavy atom. The average Bonchev–Trinajstić information content (AvgIpc) is 3.51. The second-order valence-electron chi connectivity index (χ2n) is 12.1. The quantitative estimate of drug-likeness (QED) is 0.428. The molecule has 3 N–H and O–H groups in total. The molecule has 39 heavy (non-hydrogen) atoms. The fourth-order valence-corrected chi connectivity index (χ4v) is 8.03. The van der Waals surface area contributed by atoms with Gasteiger partial charge in [0, 0.05) is 23.2 Å². The van der Waals surface area contributed by atoms with E-state index in [1.165, 1.54) is 6.26 Å². The minimum absolute atomic E-state index is 0.0119. The van der Waals surface area contributed by atoms with Gasteiger partial charge in [-0.15, -0.1) is 0 Å². The van der Waals surface area contributed by atoms with Crippen LogP contribution >= 0.6 is 0 Å². The van der Waals surface area contributed by atoms with Gasteiger partial charge in [0.2, 0.25) is 11.7 Å². The van der Waals surface area contributed by atoms with Crippen molar-refractivity contribution < 1.29 is 38.5 Å². The van der Waals surface area contributed by atoms with Crippen LogP contribution in [0.4, 0.5) is 0 Å². The lowest BCUT2D eigenvalue weighted by atomic mass is 9.46. The Bertz CT molecular complexity index is 1220. The Hall–Kier alpha value is -3.04. The van der Waals surface area contributed by atoms with Crippen molar-refractivity contribution in [2.75, 3.05) is 6.61 Å². The predicted octanol–water partition coefficient (Wildman–Crippen LogP) is 2.80. The number of ether oxygens (including phenoxy) is 1. The molecule has 1 heterocycles. The van der Waals surface area contributed by atoms with E-state index < -0.39 is 40.9 Å². The summed E-state index contributed by atoms with van der Waals surface area (Å²) in [6.45, 7) is 3.59. The minimum atomic E-state index is -1.72. The van der Waals surface area contributed by atoms with E-state index in [1.807, 2.05) is 13.0 Å². The molecule has 5 rings (SSSR count). The molecule has 0 aromatic carbocycles. The molecule has 1 aromatic rings. The van der Waals surface area contributed by atoms with Gasteiger partial charge in [-0.3, -0.25) is 19.2 Å². The van der Waals surface area contributed by atoms with Crippen LogP contribution in [0.15, 0.2) is 46.6 Å². The van der Waals surface area contributed by atoms with Crippen LogP contribution < -0.4 is 5.32 Å². The first-order valence-electron chi connectivity index (χ1n) is 13.8. The van der Waals surface area contributed by atoms with Crippen molar-refractivity contribution in [3.05, 3.63) is 48.0 Å². The van der Waals surface area contributed by atoms with E-state index in [-0.39, 0.29) is 61.7 Å². The molecule has 4 aliphatic rings. The Kier molecular flexibility index (Phi) is 7.18. The molecule has 9 heteroatoms. The number of carbonyl (C=O) groups is 4. The molecule has 1 amide bonds. The summed E-state index contributed by atoms with van der Waals surface area (Å²) in [5, 5.41) is 25.8. The Labute approximate surface area is 227 Å². The summed E-state index contributed by atoms with van der Waals surface area (Å²) in [7, 11) is 0. The molecule has 9 nitrogen and oxygen atoms in total. The van der Waals surface area contributed by atoms with Gasteiger partial charge in [0.25, 0.3) is 0 Å². The van der Waals surface area contributed by atoms with Gasteiger partial charge in [0.1, 0.15) is 11.4 Å². The summed E-state index contributed by atoms with van der Waals surface area (Å²) < 4.78 is 10.3. The van der Waals surface area contributed by atoms with Gasteiger partial charge >= 0.3 is 5.97 Å². The number of furan rings is 1. The maximum atomic E-state index is 13.3. The van der Waals surface area contributed by atoms with Crippen LogP contribution in [0.25, 0.3) is 0 Å². The summed E-state index contributed by atoms with van der Waals surface area (Å²) in [6.07, 6.45) is 8.30. The van der Waals surface area contributed by atoms with E-state index in [2.05, 4.69) is 12.2 Å². The number of allylic oxidation sites excluding steroid dienone is 4. The van der Waals surface area contributed by atoms with Crippen LogP contribution in [0.3, 0.4) is 0 Å². The van der Waals surface area contributed by atoms with Gasteiger partial charge < -0.3 is 24.7 Å². The lowest BCUT2D eigenvalue weighted by molar-refractivity contribution is -0.181. The van der Waals surface area contributed by atoms with E-state index in [9.17, 15) is 29.4 Å². The van der Waals surface area contributed by atoms with Crippen molar-refractivity contribution in [3.8, 4) is 0 Å². The van der Waals surface area contributed by atoms with Crippen LogP contribution in [0.1, 0.15) is 64.6 Å². The number of fused-ring (bicyclic) bond motifs is 5. The van der Waals surface area contributed by atoms with Crippen LogP contribution in [0, 0.1) is 28.6 Å². The monoisotopic (exact) mass is 539 g/mol. The topological polar surface area (TPSA) is 143 Å². The number of amides is 1. The number of ketones is 2. The van der Waals surface area contributed by atoms with Gasteiger partial charge in [-0.05, 0) is 68.2 Å². The van der Waals surface area contributed by atoms with Crippen molar-refractivity contribution >= 4 is 23.4 Å². The Balaban J connectivity index is 1.19. The lowest BCUT2D eigenvalue weighted by Gasteiger charge is -2.59. The molecule has 3 saturated carbocycles. The van der Waals surface area contributed by atoms with E-state index >= 15 is 0 Å². The average molecular weight is 540 g/mol. The summed E-state index contributed by atoms with van der Waals surface area (Å²) in [5.74, 6) is -1.05. The van der Waals surface area contributed by atoms with Crippen LogP contribution in [0.5, 0.6) is 0 Å². The number of hydrogen-bond donors (Lipinski definition) is 3. The largest absolute Gasteiger partial charge is 0.467 e. The highest BCUT2D eigenvalue weighted by Gasteiger charge is 2.68. The molecular weight excluding hydrogens is 502 g/mol. The third kappa shape index (κ3) is 4.69. The van der Waals surface area contributed by atoms with Crippen LogP contribution in [-0.4, -0.2) is 52.0 Å². The smallest absolute Gasteiger partial charge is 0.306 e. The van der Waals surface area contributed by atoms with Gasteiger partial charge in [-0.25, -0.2) is 0 Å². The summed E-state index contributed by atoms with van der Waals surface area (Å²) in [4.78, 5) is 49.6. The molecule has 0 unspecified atom stereocenters. The first-order valence-corrected chi connectivity index (χ1v) is 13.8. The SMILES string of the molecule is C[C@]12C=CC(=O)C=C1CC[C@H]1[C@H]2[C@@H](O)C[C@@]2(C)[C@@H]1CC[C@@]2(O)C(=O)COC(=O)CCC(=O)NCc1ccco1. The number of rotatable bonds is 8. The highest BCUT2D eigenvalue weighted by atomic mass is 16.5. The molecule has 0 radical (unpaired) electrons. The normalized spacial score (nSPS) is 36.8. The van der Waals surface area contributed by atoms with Gasteiger partial charge in [0.05, 0.1) is 25.3 Å². The number of nitrogens with one attached hydrogen (secondary N) is 1. The molecule has 0 bridgehead atoms. The second kappa shape index (κ2) is 10.2. The first kappa shape index (κ1) is 27.5. The van der Waals surface area contributed by atoms with E-state index in [1.54, 1.807) is 24.3 Å². The number of esters is 1. The number of aliphatic hydroxyl groups is 2. The Morgan fingerprint density at radius 3 is 2.74 bits per heavy atom. The summed E-state index contributed by atoms with van der Waals surface area (Å²) in [5.41, 5.74) is -1.97. The van der Waals surface area contributed by atoms with Crippen molar-refractivity contribution in [3.63, 3.8) is 0 Å². The summed E-state index contributed by atoms with van der Waals surface area (Å²) >= 11 is 0. The molecule has 4 aliphatic carbocycles. The van der Waals surface area contributed by atoms with Crippen molar-refractivity contribution in [2.45, 2.75) is 77.0 Å². The molecular formula is C30H37NO8. The fraction of sp³-hybridized carbons (Fsp3) is 0.600. The molecule has 0 saturated heterocycles. The molecule has 7 atom stereocenters. The van der Waals surface area contributed by atoms with E-state index in [0.29, 0.717) is 12.2 Å². The Morgan fingerprint density at radius 1 is 1.21 bits per heavy atom. The second-order valence-corrected chi connectivity index (χ2v) is 12.1. The van der Waals surface area contributed by atoms with Gasteiger partial charge in [0.15, 0.2) is 12.4 Å². The fourth-order valence-electron chi connectivity index (χ4n) is 8.03. The van der Waals surface area contributed by atoms with Crippen LogP contribution in [-0.2, 0) is 30.5 Å². The van der Waals surface area contributed by atoms with Crippen LogP contribution in [0.2, 0.25) is 0 Å². The highest BCUT2D eigenvalue weighted by Crippen LogP contribution is 2.67. The van der Waals surface area contributed by atoms with E-state index in [4.69, 9.17) is 9.15 Å². The molecule has 210 valence electrons. The standard InChI is InChI=1S/C30H37NO8/c1-28-11-9-19(32)14-18(28)5-6-21-22-10-12-30(37,29(22,2)15-23(33)27(21)28)24(34)17-39-26(36)8-7-25(35)31-16-20-4-3-13-38-20/h3-4,9,11,13-14,21-23,27,33,37H,5-8,10,12,15-17H2,1-2H3,(H,31,35)/t21-,22-,23+,27+,28+,29+,30-/m1/s1. The van der Waals surface area contributed by atoms with Crippen molar-refractivity contribution in [2.24, 2.45) is 28.6 Å². The van der Waals surface area contributed by atoms with E-state index in [0.717, 1.165) is 18.4 Å². The lowest BCUT2D eigenvalue weighted by Crippen LogP contribution is -2.61. The zero-order valence-electron chi connectivity index (χ0n) is 22.5. The predicted molar refractivity (Wildman–Crippen MR) is 139 cm³/mol. The van der Waals surface area contributed by atoms with Gasteiger partial charge in [-0.2, -0.15) is 0 Å². The minimum Gasteiger partial charge on any atom is -0.467 e. The molecule has 1 aromatic heterocycles. The maximum absolute atomic E-state index is 13.3. The maximum Gasteiger partial charge on any atom is 0.306 e. The zero-order valence-corrected chi connectivity index (χ0v) is 22.5. The zero-order chi connectivity index (χ0) is 28.0. The number of hydrogen-bond acceptors (Lipinski definition) is 8. The molecule has 0 spiro atoms. The third-order valence-electron chi connectivity index (χ3n) is 10.1. The number of Topliss-reactive ketones (excluding diaryl/α,β-unsaturated/α-hetero) is 1. The van der Waals surface area contributed by atoms with Gasteiger partial charge in [-0.1, -0.05) is 25.5 Å². The first-order chi connectivity index (χ1) is 18.5. The molecule has 3 fully saturated rings.